The van der Waals surface area contributed by atoms with Crippen molar-refractivity contribution in [2.45, 2.75) is 12.5 Å². The Kier molecular flexibility index (Phi) is 6.44. The monoisotopic (exact) mass is 419 g/mol. The van der Waals surface area contributed by atoms with E-state index in [1.807, 2.05) is 64.9 Å². The normalized spacial score (nSPS) is 14.9. The van der Waals surface area contributed by atoms with Gasteiger partial charge in [-0.25, -0.2) is 0 Å². The molecule has 2 aromatic carbocycles. The minimum atomic E-state index is -0.578. The Hall–Kier alpha value is -3.12. The first kappa shape index (κ1) is 20.2. The fraction of sp³-hybridized carbons (Fsp3) is 0.250. The fourth-order valence-corrected chi connectivity index (χ4v) is 4.36. The second-order valence-corrected chi connectivity index (χ2v) is 8.29. The molecule has 6 heteroatoms. The number of benzene rings is 2. The van der Waals surface area contributed by atoms with Crippen LogP contribution >= 0.6 is 11.3 Å². The highest BCUT2D eigenvalue weighted by atomic mass is 32.1. The molecule has 1 aromatic heterocycles. The van der Waals surface area contributed by atoms with Gasteiger partial charge in [0.05, 0.1) is 4.88 Å². The Bertz CT molecular complexity index is 953. The molecule has 1 unspecified atom stereocenters. The molecule has 0 aliphatic carbocycles. The lowest BCUT2D eigenvalue weighted by molar-refractivity contribution is -0.133. The number of hydrogen-bond donors (Lipinski definition) is 1. The van der Waals surface area contributed by atoms with E-state index in [4.69, 9.17) is 0 Å². The van der Waals surface area contributed by atoms with Crippen molar-refractivity contribution in [1.82, 2.24) is 10.2 Å². The first-order valence-corrected chi connectivity index (χ1v) is 11.1. The van der Waals surface area contributed by atoms with Gasteiger partial charge in [-0.3, -0.25) is 9.59 Å². The highest BCUT2D eigenvalue weighted by Crippen LogP contribution is 2.17. The molecule has 0 spiro atoms. The molecule has 154 valence electrons. The summed E-state index contributed by atoms with van der Waals surface area (Å²) in [5.74, 6) is -0.210. The first-order valence-electron chi connectivity index (χ1n) is 10.2. The van der Waals surface area contributed by atoms with Crippen LogP contribution in [0.1, 0.15) is 15.2 Å². The topological polar surface area (TPSA) is 52.7 Å². The smallest absolute Gasteiger partial charge is 0.262 e. The molecular formula is C24H25N3O2S. The summed E-state index contributed by atoms with van der Waals surface area (Å²) in [5.41, 5.74) is 2.21. The van der Waals surface area contributed by atoms with Gasteiger partial charge in [0.1, 0.15) is 6.04 Å². The van der Waals surface area contributed by atoms with Gasteiger partial charge in [-0.1, -0.05) is 54.6 Å². The number of para-hydroxylation sites is 1. The van der Waals surface area contributed by atoms with E-state index in [2.05, 4.69) is 22.3 Å². The number of anilines is 1. The van der Waals surface area contributed by atoms with Gasteiger partial charge in [-0.15, -0.1) is 11.3 Å². The van der Waals surface area contributed by atoms with Crippen molar-refractivity contribution >= 4 is 28.8 Å². The standard InChI is InChI=1S/C24H25N3O2S/c28-23(22-12-7-17-30-22)25-21(18-19-8-3-1-4-9-19)24(29)27-15-13-26(14-16-27)20-10-5-2-6-11-20/h1-12,17,21H,13-16,18H2,(H,25,28). The third kappa shape index (κ3) is 4.89. The zero-order chi connectivity index (χ0) is 20.8. The van der Waals surface area contributed by atoms with Crippen molar-refractivity contribution in [2.75, 3.05) is 31.1 Å². The SMILES string of the molecule is O=C(NC(Cc1ccccc1)C(=O)N1CCN(c2ccccc2)CC1)c1cccs1. The van der Waals surface area contributed by atoms with E-state index >= 15 is 0 Å². The van der Waals surface area contributed by atoms with Gasteiger partial charge in [0.25, 0.3) is 5.91 Å². The van der Waals surface area contributed by atoms with E-state index < -0.39 is 6.04 Å². The molecule has 30 heavy (non-hydrogen) atoms. The molecule has 2 heterocycles. The molecule has 2 amide bonds. The van der Waals surface area contributed by atoms with Crippen molar-refractivity contribution in [3.8, 4) is 0 Å². The number of piperazine rings is 1. The maximum absolute atomic E-state index is 13.3. The summed E-state index contributed by atoms with van der Waals surface area (Å²) < 4.78 is 0. The lowest BCUT2D eigenvalue weighted by Gasteiger charge is -2.37. The molecule has 0 radical (unpaired) electrons. The quantitative estimate of drug-likeness (QED) is 0.666. The van der Waals surface area contributed by atoms with Gasteiger partial charge in [0, 0.05) is 38.3 Å². The van der Waals surface area contributed by atoms with Crippen molar-refractivity contribution < 1.29 is 9.59 Å². The summed E-state index contributed by atoms with van der Waals surface area (Å²) >= 11 is 1.38. The minimum absolute atomic E-state index is 0.0172. The lowest BCUT2D eigenvalue weighted by atomic mass is 10.0. The zero-order valence-corrected chi connectivity index (χ0v) is 17.6. The van der Waals surface area contributed by atoms with Crippen LogP contribution in [0.2, 0.25) is 0 Å². The molecule has 5 nitrogen and oxygen atoms in total. The van der Waals surface area contributed by atoms with Crippen molar-refractivity contribution in [2.24, 2.45) is 0 Å². The van der Waals surface area contributed by atoms with Gasteiger partial charge in [-0.2, -0.15) is 0 Å². The van der Waals surface area contributed by atoms with Gasteiger partial charge in [0.2, 0.25) is 5.91 Å². The molecule has 4 rings (SSSR count). The zero-order valence-electron chi connectivity index (χ0n) is 16.7. The summed E-state index contributed by atoms with van der Waals surface area (Å²) in [6.45, 7) is 2.86. The summed E-state index contributed by atoms with van der Waals surface area (Å²) in [4.78, 5) is 30.8. The molecule has 1 aliphatic heterocycles. The largest absolute Gasteiger partial charge is 0.368 e. The predicted molar refractivity (Wildman–Crippen MR) is 121 cm³/mol. The minimum Gasteiger partial charge on any atom is -0.368 e. The highest BCUT2D eigenvalue weighted by molar-refractivity contribution is 7.12. The number of hydrogen-bond acceptors (Lipinski definition) is 4. The van der Waals surface area contributed by atoms with Crippen LogP contribution in [0.3, 0.4) is 0 Å². The molecule has 0 bridgehead atoms. The number of carbonyl (C=O) groups excluding carboxylic acids is 2. The van der Waals surface area contributed by atoms with Crippen LogP contribution in [0.4, 0.5) is 5.69 Å². The van der Waals surface area contributed by atoms with Gasteiger partial charge < -0.3 is 15.1 Å². The van der Waals surface area contributed by atoms with Gasteiger partial charge in [-0.05, 0) is 29.1 Å². The van der Waals surface area contributed by atoms with E-state index in [-0.39, 0.29) is 11.8 Å². The van der Waals surface area contributed by atoms with Crippen LogP contribution in [-0.4, -0.2) is 48.9 Å². The predicted octanol–water partition coefficient (Wildman–Crippen LogP) is 3.44. The van der Waals surface area contributed by atoms with E-state index in [1.54, 1.807) is 6.07 Å². The molecule has 1 fully saturated rings. The van der Waals surface area contributed by atoms with E-state index in [0.717, 1.165) is 18.7 Å². The molecular weight excluding hydrogens is 394 g/mol. The van der Waals surface area contributed by atoms with Gasteiger partial charge in [0.15, 0.2) is 0 Å². The van der Waals surface area contributed by atoms with Gasteiger partial charge >= 0.3 is 0 Å². The first-order chi connectivity index (χ1) is 14.7. The van der Waals surface area contributed by atoms with Crippen molar-refractivity contribution in [1.29, 1.82) is 0 Å². The van der Waals surface area contributed by atoms with Crippen LogP contribution in [0.15, 0.2) is 78.2 Å². The van der Waals surface area contributed by atoms with Crippen molar-refractivity contribution in [3.63, 3.8) is 0 Å². The van der Waals surface area contributed by atoms with Crippen LogP contribution in [0, 0.1) is 0 Å². The van der Waals surface area contributed by atoms with Crippen molar-refractivity contribution in [3.05, 3.63) is 88.6 Å². The Morgan fingerprint density at radius 3 is 2.17 bits per heavy atom. The van der Waals surface area contributed by atoms with E-state index in [9.17, 15) is 9.59 Å². The molecule has 1 saturated heterocycles. The van der Waals surface area contributed by atoms with Crippen LogP contribution in [0.25, 0.3) is 0 Å². The Morgan fingerprint density at radius 2 is 1.53 bits per heavy atom. The number of carbonyl (C=O) groups is 2. The number of amides is 2. The van der Waals surface area contributed by atoms with Crippen LogP contribution < -0.4 is 10.2 Å². The molecule has 1 atom stereocenters. The summed E-state index contributed by atoms with van der Waals surface area (Å²) in [5, 5.41) is 4.84. The lowest BCUT2D eigenvalue weighted by Crippen LogP contribution is -2.55. The van der Waals surface area contributed by atoms with Crippen LogP contribution in [0.5, 0.6) is 0 Å². The number of nitrogens with zero attached hydrogens (tertiary/aromatic N) is 2. The summed E-state index contributed by atoms with van der Waals surface area (Å²) in [6.07, 6.45) is 0.482. The fourth-order valence-electron chi connectivity index (χ4n) is 3.73. The second kappa shape index (κ2) is 9.59. The van der Waals surface area contributed by atoms with E-state index in [0.29, 0.717) is 24.4 Å². The Balaban J connectivity index is 1.44. The second-order valence-electron chi connectivity index (χ2n) is 7.34. The van der Waals surface area contributed by atoms with Crippen LogP contribution in [-0.2, 0) is 11.2 Å². The third-order valence-corrected chi connectivity index (χ3v) is 6.21. The molecule has 1 N–H and O–H groups in total. The number of rotatable bonds is 6. The summed E-state index contributed by atoms with van der Waals surface area (Å²) in [6, 6.07) is 23.1. The summed E-state index contributed by atoms with van der Waals surface area (Å²) in [7, 11) is 0. The maximum Gasteiger partial charge on any atom is 0.262 e. The average molecular weight is 420 g/mol. The number of nitrogens with one attached hydrogen (secondary N) is 1. The maximum atomic E-state index is 13.3. The average Bonchev–Trinajstić information content (AvgIpc) is 3.35. The molecule has 1 aliphatic rings. The number of thiophene rings is 1. The molecule has 3 aromatic rings. The molecule has 0 saturated carbocycles. The Labute approximate surface area is 180 Å². The Morgan fingerprint density at radius 1 is 0.867 bits per heavy atom. The third-order valence-electron chi connectivity index (χ3n) is 5.34. The van der Waals surface area contributed by atoms with E-state index in [1.165, 1.54) is 17.0 Å². The highest BCUT2D eigenvalue weighted by Gasteiger charge is 2.29.